The lowest BCUT2D eigenvalue weighted by Crippen LogP contribution is -2.26. The van der Waals surface area contributed by atoms with Gasteiger partial charge in [-0.3, -0.25) is 9.79 Å². The number of aryl methyl sites for hydroxylation is 1. The van der Waals surface area contributed by atoms with Crippen LogP contribution in [0.4, 0.5) is 18.9 Å². The van der Waals surface area contributed by atoms with E-state index in [9.17, 15) is 23.1 Å². The number of Topliss-reactive ketones (excluding diaryl/α,β-unsaturated/α-hetero) is 1. The van der Waals surface area contributed by atoms with E-state index in [-0.39, 0.29) is 4.88 Å². The summed E-state index contributed by atoms with van der Waals surface area (Å²) in [6, 6.07) is 9.71. The molecule has 0 amide bonds. The summed E-state index contributed by atoms with van der Waals surface area (Å²) in [5, 5.41) is 11.6. The first-order chi connectivity index (χ1) is 10.8. The molecule has 0 radical (unpaired) electrons. The van der Waals surface area contributed by atoms with Gasteiger partial charge in [-0.15, -0.1) is 11.3 Å². The van der Waals surface area contributed by atoms with Gasteiger partial charge in [-0.1, -0.05) is 18.2 Å². The van der Waals surface area contributed by atoms with Crippen LogP contribution in [0, 0.1) is 6.92 Å². The molecule has 2 rings (SSSR count). The zero-order valence-electron chi connectivity index (χ0n) is 12.0. The fourth-order valence-corrected chi connectivity index (χ4v) is 2.46. The van der Waals surface area contributed by atoms with E-state index in [1.807, 2.05) is 0 Å². The monoisotopic (exact) mass is 339 g/mol. The zero-order chi connectivity index (χ0) is 17.0. The molecule has 0 aliphatic carbocycles. The van der Waals surface area contributed by atoms with E-state index in [4.69, 9.17) is 0 Å². The number of aliphatic hydroxyl groups excluding tert-OH is 1. The number of carbonyl (C=O) groups is 1. The number of alkyl halides is 3. The molecule has 7 heteroatoms. The third kappa shape index (κ3) is 4.29. The SMILES string of the molecule is Cc1cccc(N=CC(C(=O)C(F)(F)F)=C(O)c2cccs2)c1. The summed E-state index contributed by atoms with van der Waals surface area (Å²) in [6.45, 7) is 1.81. The summed E-state index contributed by atoms with van der Waals surface area (Å²) < 4.78 is 38.2. The second-order valence-corrected chi connectivity index (χ2v) is 5.61. The Bertz CT molecular complexity index is 762. The molecular weight excluding hydrogens is 327 g/mol. The van der Waals surface area contributed by atoms with E-state index in [1.54, 1.807) is 42.6 Å². The highest BCUT2D eigenvalue weighted by Crippen LogP contribution is 2.27. The number of carbonyl (C=O) groups excluding carboxylic acids is 1. The summed E-state index contributed by atoms with van der Waals surface area (Å²) in [6.07, 6.45) is -4.35. The van der Waals surface area contributed by atoms with E-state index >= 15 is 0 Å². The Balaban J connectivity index is 2.46. The summed E-state index contributed by atoms with van der Waals surface area (Å²) >= 11 is 1.02. The van der Waals surface area contributed by atoms with Crippen molar-refractivity contribution in [3.05, 3.63) is 57.8 Å². The summed E-state index contributed by atoms with van der Waals surface area (Å²) in [5.74, 6) is -2.88. The van der Waals surface area contributed by atoms with Gasteiger partial charge in [-0.2, -0.15) is 13.2 Å². The van der Waals surface area contributed by atoms with Gasteiger partial charge in [0.05, 0.1) is 16.1 Å². The van der Waals surface area contributed by atoms with Gasteiger partial charge in [-0.05, 0) is 36.1 Å². The van der Waals surface area contributed by atoms with Crippen LogP contribution < -0.4 is 0 Å². The standard InChI is InChI=1S/C16H12F3NO2S/c1-10-4-2-5-11(8-10)20-9-12(15(22)16(17,18)19)14(21)13-6-3-7-23-13/h2-9,21H,1H3. The van der Waals surface area contributed by atoms with Crippen LogP contribution >= 0.6 is 11.3 Å². The van der Waals surface area contributed by atoms with Crippen LogP contribution in [0.1, 0.15) is 10.4 Å². The highest BCUT2D eigenvalue weighted by molar-refractivity contribution is 7.11. The van der Waals surface area contributed by atoms with Crippen molar-refractivity contribution in [1.82, 2.24) is 0 Å². The van der Waals surface area contributed by atoms with Crippen LogP contribution in [0.15, 0.2) is 52.3 Å². The number of nitrogens with zero attached hydrogens (tertiary/aromatic N) is 1. The number of thiophene rings is 1. The van der Waals surface area contributed by atoms with E-state index in [0.29, 0.717) is 5.69 Å². The minimum atomic E-state index is -5.10. The number of aliphatic hydroxyl groups is 1. The molecule has 1 aromatic heterocycles. The number of halogens is 3. The van der Waals surface area contributed by atoms with Gasteiger partial charge in [0.25, 0.3) is 5.78 Å². The molecule has 0 spiro atoms. The summed E-state index contributed by atoms with van der Waals surface area (Å²) in [4.78, 5) is 15.6. The fraction of sp³-hybridized carbons (Fsp3) is 0.125. The third-order valence-electron chi connectivity index (χ3n) is 2.86. The van der Waals surface area contributed by atoms with Gasteiger partial charge in [0.15, 0.2) is 0 Å². The molecule has 3 nitrogen and oxygen atoms in total. The number of allylic oxidation sites excluding steroid dienone is 1. The number of ketones is 1. The number of hydrogen-bond donors (Lipinski definition) is 1. The number of rotatable bonds is 4. The van der Waals surface area contributed by atoms with Crippen LogP contribution in [-0.4, -0.2) is 23.3 Å². The van der Waals surface area contributed by atoms with E-state index in [1.165, 1.54) is 6.07 Å². The maximum absolute atomic E-state index is 12.7. The van der Waals surface area contributed by atoms with E-state index in [0.717, 1.165) is 23.1 Å². The highest BCUT2D eigenvalue weighted by atomic mass is 32.1. The smallest absolute Gasteiger partial charge is 0.455 e. The van der Waals surface area contributed by atoms with Crippen molar-refractivity contribution in [3.63, 3.8) is 0 Å². The molecule has 120 valence electrons. The first-order valence-electron chi connectivity index (χ1n) is 6.48. The molecule has 0 saturated carbocycles. The predicted molar refractivity (Wildman–Crippen MR) is 84.3 cm³/mol. The van der Waals surface area contributed by atoms with Gasteiger partial charge in [-0.25, -0.2) is 0 Å². The van der Waals surface area contributed by atoms with Crippen LogP contribution in [0.25, 0.3) is 5.76 Å². The number of hydrogen-bond acceptors (Lipinski definition) is 4. The Labute approximate surface area is 134 Å². The Morgan fingerprint density at radius 2 is 2.00 bits per heavy atom. The molecule has 0 unspecified atom stereocenters. The molecule has 1 heterocycles. The first kappa shape index (κ1) is 17.0. The van der Waals surface area contributed by atoms with Gasteiger partial charge in [0.1, 0.15) is 5.76 Å². The molecule has 2 aromatic rings. The van der Waals surface area contributed by atoms with E-state index < -0.39 is 23.3 Å². The van der Waals surface area contributed by atoms with Crippen molar-refractivity contribution in [2.24, 2.45) is 4.99 Å². The molecule has 0 bridgehead atoms. The van der Waals surface area contributed by atoms with Crippen molar-refractivity contribution < 1.29 is 23.1 Å². The number of benzene rings is 1. The highest BCUT2D eigenvalue weighted by Gasteiger charge is 2.41. The van der Waals surface area contributed by atoms with Crippen molar-refractivity contribution in [2.45, 2.75) is 13.1 Å². The van der Waals surface area contributed by atoms with Crippen LogP contribution in [0.2, 0.25) is 0 Å². The Morgan fingerprint density at radius 3 is 2.57 bits per heavy atom. The topological polar surface area (TPSA) is 49.7 Å². The second kappa shape index (κ2) is 6.78. The summed E-state index contributed by atoms with van der Waals surface area (Å²) in [5.41, 5.74) is 0.368. The van der Waals surface area contributed by atoms with Gasteiger partial charge in [0, 0.05) is 6.21 Å². The minimum absolute atomic E-state index is 0.160. The molecule has 1 aromatic carbocycles. The summed E-state index contributed by atoms with van der Waals surface area (Å²) in [7, 11) is 0. The zero-order valence-corrected chi connectivity index (χ0v) is 12.8. The first-order valence-corrected chi connectivity index (χ1v) is 7.36. The molecule has 0 atom stereocenters. The molecule has 0 aliphatic heterocycles. The van der Waals surface area contributed by atoms with Crippen LogP contribution in [0.5, 0.6) is 0 Å². The molecule has 0 aliphatic rings. The maximum atomic E-state index is 12.7. The largest absolute Gasteiger partial charge is 0.506 e. The third-order valence-corrected chi connectivity index (χ3v) is 3.73. The van der Waals surface area contributed by atoms with Gasteiger partial charge in [0.2, 0.25) is 0 Å². The Hall–Kier alpha value is -2.41. The molecule has 1 N–H and O–H groups in total. The van der Waals surface area contributed by atoms with Crippen molar-refractivity contribution in [3.8, 4) is 0 Å². The lowest BCUT2D eigenvalue weighted by molar-refractivity contribution is -0.165. The fourth-order valence-electron chi connectivity index (χ4n) is 1.77. The van der Waals surface area contributed by atoms with Gasteiger partial charge >= 0.3 is 6.18 Å². The maximum Gasteiger partial charge on any atom is 0.455 e. The lowest BCUT2D eigenvalue weighted by Gasteiger charge is -2.08. The van der Waals surface area contributed by atoms with Crippen LogP contribution in [0.3, 0.4) is 0 Å². The van der Waals surface area contributed by atoms with Crippen molar-refractivity contribution >= 4 is 34.8 Å². The van der Waals surface area contributed by atoms with Gasteiger partial charge < -0.3 is 5.11 Å². The molecular formula is C16H12F3NO2S. The normalized spacial score (nSPS) is 13.2. The average molecular weight is 339 g/mol. The average Bonchev–Trinajstić information content (AvgIpc) is 3.00. The van der Waals surface area contributed by atoms with E-state index in [2.05, 4.69) is 4.99 Å². The molecule has 0 fully saturated rings. The predicted octanol–water partition coefficient (Wildman–Crippen LogP) is 4.86. The van der Waals surface area contributed by atoms with Crippen molar-refractivity contribution in [2.75, 3.05) is 0 Å². The Kier molecular flexibility index (Phi) is 5.00. The Morgan fingerprint density at radius 1 is 1.26 bits per heavy atom. The lowest BCUT2D eigenvalue weighted by atomic mass is 10.1. The van der Waals surface area contributed by atoms with Crippen LogP contribution in [-0.2, 0) is 4.79 Å². The minimum Gasteiger partial charge on any atom is -0.506 e. The van der Waals surface area contributed by atoms with Crippen molar-refractivity contribution in [1.29, 1.82) is 0 Å². The molecule has 23 heavy (non-hydrogen) atoms. The number of aliphatic imine (C=N–C) groups is 1. The quantitative estimate of drug-likeness (QED) is 0.491. The molecule has 0 saturated heterocycles. The second-order valence-electron chi connectivity index (χ2n) is 4.66.